The van der Waals surface area contributed by atoms with Crippen LogP contribution in [0.4, 0.5) is 5.69 Å². The number of hydrogen-bond acceptors (Lipinski definition) is 3. The van der Waals surface area contributed by atoms with Crippen molar-refractivity contribution >= 4 is 11.6 Å². The van der Waals surface area contributed by atoms with Gasteiger partial charge >= 0.3 is 0 Å². The van der Waals surface area contributed by atoms with Gasteiger partial charge in [0.05, 0.1) is 0 Å². The molecule has 1 amide bonds. The zero-order valence-electron chi connectivity index (χ0n) is 19.2. The summed E-state index contributed by atoms with van der Waals surface area (Å²) in [7, 11) is 0. The van der Waals surface area contributed by atoms with Gasteiger partial charge in [-0.25, -0.2) is 0 Å². The Morgan fingerprint density at radius 3 is 2.22 bits per heavy atom. The minimum Gasteiger partial charge on any atom is -0.372 e. The molecule has 0 radical (unpaired) electrons. The Hall–Kier alpha value is -3.11. The maximum Gasteiger partial charge on any atom is 0.251 e. The highest BCUT2D eigenvalue weighted by Crippen LogP contribution is 2.20. The van der Waals surface area contributed by atoms with Gasteiger partial charge in [0.25, 0.3) is 5.91 Å². The van der Waals surface area contributed by atoms with Crippen LogP contribution in [0.15, 0.2) is 72.8 Å². The van der Waals surface area contributed by atoms with E-state index in [2.05, 4.69) is 89.6 Å². The van der Waals surface area contributed by atoms with Crippen LogP contribution < -0.4 is 10.2 Å². The second-order valence-electron chi connectivity index (χ2n) is 8.45. The van der Waals surface area contributed by atoms with Crippen molar-refractivity contribution in [2.24, 2.45) is 0 Å². The number of anilines is 1. The van der Waals surface area contributed by atoms with Crippen LogP contribution in [0.1, 0.15) is 46.5 Å². The highest BCUT2D eigenvalue weighted by Gasteiger charge is 2.16. The Bertz CT molecular complexity index is 1020. The Morgan fingerprint density at radius 1 is 0.875 bits per heavy atom. The van der Waals surface area contributed by atoms with Crippen molar-refractivity contribution in [3.8, 4) is 0 Å². The lowest BCUT2D eigenvalue weighted by Gasteiger charge is -2.28. The molecule has 4 heteroatoms. The third-order valence-electron chi connectivity index (χ3n) is 6.35. The van der Waals surface area contributed by atoms with Gasteiger partial charge < -0.3 is 10.2 Å². The lowest BCUT2D eigenvalue weighted by molar-refractivity contribution is 0.0951. The minimum absolute atomic E-state index is 0.0312. The first-order valence-corrected chi connectivity index (χ1v) is 11.7. The van der Waals surface area contributed by atoms with Crippen LogP contribution in [0, 0.1) is 0 Å². The van der Waals surface area contributed by atoms with E-state index in [0.717, 1.165) is 44.7 Å². The second-order valence-corrected chi connectivity index (χ2v) is 8.45. The largest absolute Gasteiger partial charge is 0.372 e. The topological polar surface area (TPSA) is 35.6 Å². The SMILES string of the molecule is CCN(CC)c1ccc(CNC(=O)c2ccc(CN3CCc4ccccc4C3)cc2)cc1. The van der Waals surface area contributed by atoms with E-state index in [-0.39, 0.29) is 5.91 Å². The number of carbonyl (C=O) groups is 1. The molecule has 0 aromatic heterocycles. The normalized spacial score (nSPS) is 13.4. The van der Waals surface area contributed by atoms with Crippen molar-refractivity contribution in [3.63, 3.8) is 0 Å². The molecule has 166 valence electrons. The van der Waals surface area contributed by atoms with Crippen LogP contribution >= 0.6 is 0 Å². The summed E-state index contributed by atoms with van der Waals surface area (Å²) in [6.07, 6.45) is 1.10. The number of nitrogens with one attached hydrogen (secondary N) is 1. The zero-order valence-corrected chi connectivity index (χ0v) is 19.2. The Labute approximate surface area is 191 Å². The third-order valence-corrected chi connectivity index (χ3v) is 6.35. The molecule has 0 unspecified atom stereocenters. The number of amides is 1. The van der Waals surface area contributed by atoms with Crippen LogP contribution in [0.25, 0.3) is 0 Å². The molecule has 1 heterocycles. The quantitative estimate of drug-likeness (QED) is 0.548. The molecule has 4 rings (SSSR count). The lowest BCUT2D eigenvalue weighted by Crippen LogP contribution is -2.30. The molecule has 1 aliphatic rings. The number of benzene rings is 3. The van der Waals surface area contributed by atoms with Gasteiger partial charge in [-0.15, -0.1) is 0 Å². The van der Waals surface area contributed by atoms with E-state index in [1.54, 1.807) is 0 Å². The first-order chi connectivity index (χ1) is 15.7. The van der Waals surface area contributed by atoms with E-state index in [4.69, 9.17) is 0 Å². The van der Waals surface area contributed by atoms with Gasteiger partial charge in [-0.3, -0.25) is 9.69 Å². The molecular formula is C28H33N3O. The van der Waals surface area contributed by atoms with Crippen molar-refractivity contribution < 1.29 is 4.79 Å². The maximum absolute atomic E-state index is 12.6. The van der Waals surface area contributed by atoms with Crippen molar-refractivity contribution in [2.75, 3.05) is 24.5 Å². The second kappa shape index (κ2) is 10.5. The molecule has 0 saturated heterocycles. The van der Waals surface area contributed by atoms with Gasteiger partial charge in [-0.2, -0.15) is 0 Å². The summed E-state index contributed by atoms with van der Waals surface area (Å²) in [5.74, 6) is -0.0312. The summed E-state index contributed by atoms with van der Waals surface area (Å²) < 4.78 is 0. The molecule has 3 aromatic rings. The molecule has 1 N–H and O–H groups in total. The monoisotopic (exact) mass is 427 g/mol. The van der Waals surface area contributed by atoms with Crippen LogP contribution in [-0.2, 0) is 26.1 Å². The van der Waals surface area contributed by atoms with Crippen LogP contribution in [0.3, 0.4) is 0 Å². The van der Waals surface area contributed by atoms with E-state index in [1.807, 2.05) is 12.1 Å². The van der Waals surface area contributed by atoms with Crippen LogP contribution in [0.2, 0.25) is 0 Å². The number of fused-ring (bicyclic) bond motifs is 1. The Morgan fingerprint density at radius 2 is 1.53 bits per heavy atom. The minimum atomic E-state index is -0.0312. The molecule has 32 heavy (non-hydrogen) atoms. The number of rotatable bonds is 8. The van der Waals surface area contributed by atoms with Gasteiger partial charge in [0.15, 0.2) is 0 Å². The first-order valence-electron chi connectivity index (χ1n) is 11.7. The molecule has 0 fully saturated rings. The average molecular weight is 428 g/mol. The highest BCUT2D eigenvalue weighted by atomic mass is 16.1. The molecule has 0 aliphatic carbocycles. The van der Waals surface area contributed by atoms with Crippen molar-refractivity contribution in [1.82, 2.24) is 10.2 Å². The number of carbonyl (C=O) groups excluding carboxylic acids is 1. The fourth-order valence-corrected chi connectivity index (χ4v) is 4.41. The lowest BCUT2D eigenvalue weighted by atomic mass is 9.99. The molecule has 4 nitrogen and oxygen atoms in total. The van der Waals surface area contributed by atoms with Crippen molar-refractivity contribution in [2.45, 2.75) is 39.9 Å². The molecule has 0 spiro atoms. The zero-order chi connectivity index (χ0) is 22.3. The van der Waals surface area contributed by atoms with Crippen LogP contribution in [0.5, 0.6) is 0 Å². The molecule has 0 bridgehead atoms. The van der Waals surface area contributed by atoms with Gasteiger partial charge in [-0.1, -0.05) is 48.5 Å². The smallest absolute Gasteiger partial charge is 0.251 e. The van der Waals surface area contributed by atoms with Crippen LogP contribution in [-0.4, -0.2) is 30.4 Å². The fraction of sp³-hybridized carbons (Fsp3) is 0.321. The molecule has 3 aromatic carbocycles. The molecule has 1 aliphatic heterocycles. The fourth-order valence-electron chi connectivity index (χ4n) is 4.41. The van der Waals surface area contributed by atoms with E-state index in [0.29, 0.717) is 12.1 Å². The first kappa shape index (κ1) is 22.1. The number of nitrogens with zero attached hydrogens (tertiary/aromatic N) is 2. The maximum atomic E-state index is 12.6. The van der Waals surface area contributed by atoms with Gasteiger partial charge in [0, 0.05) is 50.5 Å². The summed E-state index contributed by atoms with van der Waals surface area (Å²) in [5, 5.41) is 3.04. The van der Waals surface area contributed by atoms with Gasteiger partial charge in [0.1, 0.15) is 0 Å². The number of hydrogen-bond donors (Lipinski definition) is 1. The molecular weight excluding hydrogens is 394 g/mol. The third kappa shape index (κ3) is 5.38. The summed E-state index contributed by atoms with van der Waals surface area (Å²) >= 11 is 0. The Kier molecular flexibility index (Phi) is 7.23. The summed E-state index contributed by atoms with van der Waals surface area (Å²) in [4.78, 5) is 17.4. The van der Waals surface area contributed by atoms with Crippen molar-refractivity contribution in [3.05, 3.63) is 101 Å². The predicted octanol–water partition coefficient (Wildman–Crippen LogP) is 5.02. The van der Waals surface area contributed by atoms with Gasteiger partial charge in [0.2, 0.25) is 0 Å². The van der Waals surface area contributed by atoms with E-state index < -0.39 is 0 Å². The average Bonchev–Trinajstić information content (AvgIpc) is 2.84. The molecule has 0 atom stereocenters. The summed E-state index contributed by atoms with van der Waals surface area (Å²) in [6, 6.07) is 25.2. The van der Waals surface area contributed by atoms with Crippen molar-refractivity contribution in [1.29, 1.82) is 0 Å². The predicted molar refractivity (Wildman–Crippen MR) is 132 cm³/mol. The Balaban J connectivity index is 1.29. The van der Waals surface area contributed by atoms with E-state index in [9.17, 15) is 4.79 Å². The standard InChI is InChI=1S/C28H33N3O/c1-3-31(4-2)27-15-11-22(12-16-27)19-29-28(32)25-13-9-23(10-14-25)20-30-18-17-24-7-5-6-8-26(24)21-30/h5-16H,3-4,17-21H2,1-2H3,(H,29,32). The van der Waals surface area contributed by atoms with E-state index >= 15 is 0 Å². The highest BCUT2D eigenvalue weighted by molar-refractivity contribution is 5.94. The summed E-state index contributed by atoms with van der Waals surface area (Å²) in [6.45, 7) is 9.82. The van der Waals surface area contributed by atoms with E-state index in [1.165, 1.54) is 22.4 Å². The summed E-state index contributed by atoms with van der Waals surface area (Å²) in [5.41, 5.74) is 7.18. The molecule has 0 saturated carbocycles. The van der Waals surface area contributed by atoms with Gasteiger partial charge in [-0.05, 0) is 66.8 Å².